The average Bonchev–Trinajstić information content (AvgIpc) is 3.10. The number of benzene rings is 1. The van der Waals surface area contributed by atoms with Crippen LogP contribution in [0.3, 0.4) is 0 Å². The third-order valence-electron chi connectivity index (χ3n) is 4.12. The summed E-state index contributed by atoms with van der Waals surface area (Å²) in [6, 6.07) is 10.0. The van der Waals surface area contributed by atoms with E-state index in [4.69, 9.17) is 0 Å². The second kappa shape index (κ2) is 10.1. The van der Waals surface area contributed by atoms with Gasteiger partial charge in [-0.3, -0.25) is 9.69 Å². The van der Waals surface area contributed by atoms with Gasteiger partial charge in [-0.2, -0.15) is 0 Å². The second-order valence-corrected chi connectivity index (χ2v) is 6.74. The molecule has 0 spiro atoms. The lowest BCUT2D eigenvalue weighted by Gasteiger charge is -2.15. The standard InChI is InChI=1S/C20H27N3OS/c1-4-16(17-10-8-7-9-11-17)12-19(24)21-13-20-22-18(15-25-20)14-23(5-2)6-3/h7-12,15H,4-6,13-14H2,1-3H3,(H,21,24)/b16-12+. The van der Waals surface area contributed by atoms with E-state index in [1.165, 1.54) is 0 Å². The van der Waals surface area contributed by atoms with Gasteiger partial charge in [-0.15, -0.1) is 11.3 Å². The van der Waals surface area contributed by atoms with Gasteiger partial charge < -0.3 is 5.32 Å². The fraction of sp³-hybridized carbons (Fsp3) is 0.400. The number of carbonyl (C=O) groups excluding carboxylic acids is 1. The van der Waals surface area contributed by atoms with Gasteiger partial charge in [-0.05, 0) is 30.6 Å². The Balaban J connectivity index is 1.91. The molecule has 2 aromatic rings. The molecule has 1 heterocycles. The Bertz CT molecular complexity index is 690. The van der Waals surface area contributed by atoms with Crippen molar-refractivity contribution in [3.8, 4) is 0 Å². The van der Waals surface area contributed by atoms with Crippen LogP contribution in [0.1, 0.15) is 43.5 Å². The highest BCUT2D eigenvalue weighted by molar-refractivity contribution is 7.09. The Labute approximate surface area is 154 Å². The van der Waals surface area contributed by atoms with Crippen LogP contribution in [-0.4, -0.2) is 28.9 Å². The number of hydrogen-bond acceptors (Lipinski definition) is 4. The van der Waals surface area contributed by atoms with Crippen LogP contribution in [0, 0.1) is 0 Å². The van der Waals surface area contributed by atoms with Crippen LogP contribution < -0.4 is 5.32 Å². The van der Waals surface area contributed by atoms with E-state index < -0.39 is 0 Å². The van der Waals surface area contributed by atoms with Crippen LogP contribution in [0.25, 0.3) is 5.57 Å². The smallest absolute Gasteiger partial charge is 0.244 e. The second-order valence-electron chi connectivity index (χ2n) is 5.80. The lowest BCUT2D eigenvalue weighted by Crippen LogP contribution is -2.23. The van der Waals surface area contributed by atoms with Crippen molar-refractivity contribution < 1.29 is 4.79 Å². The maximum absolute atomic E-state index is 12.2. The average molecular weight is 358 g/mol. The molecular weight excluding hydrogens is 330 g/mol. The number of rotatable bonds is 9. The quantitative estimate of drug-likeness (QED) is 0.687. The molecule has 0 aliphatic heterocycles. The first-order valence-electron chi connectivity index (χ1n) is 8.85. The summed E-state index contributed by atoms with van der Waals surface area (Å²) in [5, 5.41) is 5.97. The topological polar surface area (TPSA) is 45.2 Å². The highest BCUT2D eigenvalue weighted by Crippen LogP contribution is 2.17. The summed E-state index contributed by atoms with van der Waals surface area (Å²) < 4.78 is 0. The molecule has 0 unspecified atom stereocenters. The van der Waals surface area contributed by atoms with E-state index >= 15 is 0 Å². The maximum atomic E-state index is 12.2. The third-order valence-corrected chi connectivity index (χ3v) is 5.02. The number of thiazole rings is 1. The minimum atomic E-state index is -0.0683. The Hall–Kier alpha value is -1.98. The molecule has 0 radical (unpaired) electrons. The molecule has 2 rings (SSSR count). The zero-order chi connectivity index (χ0) is 18.1. The summed E-state index contributed by atoms with van der Waals surface area (Å²) in [7, 11) is 0. The van der Waals surface area contributed by atoms with E-state index in [1.54, 1.807) is 17.4 Å². The molecule has 134 valence electrons. The summed E-state index contributed by atoms with van der Waals surface area (Å²) in [6.07, 6.45) is 2.52. The Morgan fingerprint density at radius 3 is 2.56 bits per heavy atom. The van der Waals surface area contributed by atoms with E-state index in [0.717, 1.165) is 47.9 Å². The molecule has 1 aromatic carbocycles. The van der Waals surface area contributed by atoms with Gasteiger partial charge in [0.1, 0.15) is 5.01 Å². The molecular formula is C20H27N3OS. The molecule has 0 aliphatic rings. The lowest BCUT2D eigenvalue weighted by atomic mass is 10.0. The fourth-order valence-corrected chi connectivity index (χ4v) is 3.32. The highest BCUT2D eigenvalue weighted by Gasteiger charge is 2.08. The molecule has 0 bridgehead atoms. The molecule has 1 amide bonds. The zero-order valence-corrected chi connectivity index (χ0v) is 16.1. The number of hydrogen-bond donors (Lipinski definition) is 1. The molecule has 0 atom stereocenters. The van der Waals surface area contributed by atoms with Crippen LogP contribution in [0.15, 0.2) is 41.8 Å². The van der Waals surface area contributed by atoms with Crippen molar-refractivity contribution in [1.29, 1.82) is 0 Å². The van der Waals surface area contributed by atoms with Gasteiger partial charge >= 0.3 is 0 Å². The number of carbonyl (C=O) groups is 1. The van der Waals surface area contributed by atoms with Crippen LogP contribution in [0.2, 0.25) is 0 Å². The van der Waals surface area contributed by atoms with Crippen molar-refractivity contribution >= 4 is 22.8 Å². The van der Waals surface area contributed by atoms with Crippen LogP contribution in [0.4, 0.5) is 0 Å². The zero-order valence-electron chi connectivity index (χ0n) is 15.3. The highest BCUT2D eigenvalue weighted by atomic mass is 32.1. The molecule has 1 aromatic heterocycles. The third kappa shape index (κ3) is 6.11. The van der Waals surface area contributed by atoms with E-state index in [0.29, 0.717) is 6.54 Å². The number of amides is 1. The van der Waals surface area contributed by atoms with Gasteiger partial charge in [0.25, 0.3) is 0 Å². The Morgan fingerprint density at radius 2 is 1.92 bits per heavy atom. The van der Waals surface area contributed by atoms with Crippen molar-refractivity contribution in [2.45, 2.75) is 40.3 Å². The number of allylic oxidation sites excluding steroid dienone is 1. The molecule has 4 nitrogen and oxygen atoms in total. The lowest BCUT2D eigenvalue weighted by molar-refractivity contribution is -0.116. The largest absolute Gasteiger partial charge is 0.346 e. The molecule has 5 heteroatoms. The number of aromatic nitrogens is 1. The molecule has 0 fully saturated rings. The molecule has 1 N–H and O–H groups in total. The molecule has 0 saturated carbocycles. The minimum Gasteiger partial charge on any atom is -0.346 e. The summed E-state index contributed by atoms with van der Waals surface area (Å²) in [4.78, 5) is 19.2. The first-order chi connectivity index (χ1) is 12.2. The number of nitrogens with zero attached hydrogens (tertiary/aromatic N) is 2. The first kappa shape index (κ1) is 19.3. The summed E-state index contributed by atoms with van der Waals surface area (Å²) >= 11 is 1.60. The molecule has 25 heavy (non-hydrogen) atoms. The van der Waals surface area contributed by atoms with Crippen molar-refractivity contribution in [2.24, 2.45) is 0 Å². The van der Waals surface area contributed by atoms with E-state index in [-0.39, 0.29) is 5.91 Å². The summed E-state index contributed by atoms with van der Waals surface area (Å²) in [6.45, 7) is 9.75. The normalized spacial score (nSPS) is 11.8. The molecule has 0 aliphatic carbocycles. The monoisotopic (exact) mass is 357 g/mol. The fourth-order valence-electron chi connectivity index (χ4n) is 2.59. The first-order valence-corrected chi connectivity index (χ1v) is 9.73. The predicted molar refractivity (Wildman–Crippen MR) is 105 cm³/mol. The SMILES string of the molecule is CC/C(=C\C(=O)NCc1nc(CN(CC)CC)cs1)c1ccccc1. The van der Waals surface area contributed by atoms with E-state index in [2.05, 4.69) is 41.4 Å². The van der Waals surface area contributed by atoms with Gasteiger partial charge in [-0.25, -0.2) is 4.98 Å². The van der Waals surface area contributed by atoms with Crippen molar-refractivity contribution in [3.63, 3.8) is 0 Å². The number of nitrogens with one attached hydrogen (secondary N) is 1. The van der Waals surface area contributed by atoms with Crippen molar-refractivity contribution in [2.75, 3.05) is 13.1 Å². The maximum Gasteiger partial charge on any atom is 0.244 e. The van der Waals surface area contributed by atoms with Crippen molar-refractivity contribution in [1.82, 2.24) is 15.2 Å². The van der Waals surface area contributed by atoms with Gasteiger partial charge in [0.05, 0.1) is 12.2 Å². The van der Waals surface area contributed by atoms with E-state index in [9.17, 15) is 4.79 Å². The van der Waals surface area contributed by atoms with Crippen LogP contribution in [-0.2, 0) is 17.9 Å². The molecule has 0 saturated heterocycles. The van der Waals surface area contributed by atoms with Gasteiger partial charge in [0.15, 0.2) is 0 Å². The van der Waals surface area contributed by atoms with E-state index in [1.807, 2.05) is 30.3 Å². The predicted octanol–water partition coefficient (Wildman–Crippen LogP) is 4.09. The van der Waals surface area contributed by atoms with Crippen molar-refractivity contribution in [3.05, 3.63) is 58.1 Å². The van der Waals surface area contributed by atoms with Crippen LogP contribution >= 0.6 is 11.3 Å². The van der Waals surface area contributed by atoms with Gasteiger partial charge in [-0.1, -0.05) is 51.1 Å². The van der Waals surface area contributed by atoms with Crippen LogP contribution in [0.5, 0.6) is 0 Å². The Morgan fingerprint density at radius 1 is 1.20 bits per heavy atom. The summed E-state index contributed by atoms with van der Waals surface area (Å²) in [5.74, 6) is -0.0683. The Kier molecular flexibility index (Phi) is 7.82. The van der Waals surface area contributed by atoms with Gasteiger partial charge in [0.2, 0.25) is 5.91 Å². The minimum absolute atomic E-state index is 0.0683. The van der Waals surface area contributed by atoms with Gasteiger partial charge in [0, 0.05) is 18.0 Å². The summed E-state index contributed by atoms with van der Waals surface area (Å²) in [5.41, 5.74) is 3.21.